The second-order valence-corrected chi connectivity index (χ2v) is 4.26. The predicted molar refractivity (Wildman–Crippen MR) is 70.6 cm³/mol. The molecule has 2 N–H and O–H groups in total. The van der Waals surface area contributed by atoms with Crippen LogP contribution in [0.3, 0.4) is 0 Å². The highest BCUT2D eigenvalue weighted by Crippen LogP contribution is 2.20. The van der Waals surface area contributed by atoms with Crippen LogP contribution in [0.1, 0.15) is 35.6 Å². The first-order valence-corrected chi connectivity index (χ1v) is 6.48. The molecule has 0 spiro atoms. The van der Waals surface area contributed by atoms with Crippen molar-refractivity contribution in [3.8, 4) is 11.8 Å². The third-order valence-corrected chi connectivity index (χ3v) is 2.65. The quantitative estimate of drug-likeness (QED) is 0.659. The molecule has 0 radical (unpaired) electrons. The lowest BCUT2D eigenvalue weighted by Gasteiger charge is -1.97. The van der Waals surface area contributed by atoms with Crippen molar-refractivity contribution in [1.82, 2.24) is 4.98 Å². The summed E-state index contributed by atoms with van der Waals surface area (Å²) in [5.41, 5.74) is 5.62. The highest BCUT2D eigenvalue weighted by molar-refractivity contribution is 7.16. The molecule has 1 heterocycles. The van der Waals surface area contributed by atoms with E-state index in [9.17, 15) is 9.59 Å². The van der Waals surface area contributed by atoms with E-state index in [0.29, 0.717) is 11.5 Å². The molecule has 0 bridgehead atoms. The molecule has 0 fully saturated rings. The number of hydrogen-bond donors (Lipinski definition) is 1. The highest BCUT2D eigenvalue weighted by Gasteiger charge is 2.17. The highest BCUT2D eigenvalue weighted by atomic mass is 32.1. The van der Waals surface area contributed by atoms with Gasteiger partial charge in [-0.25, -0.2) is 9.78 Å². The Morgan fingerprint density at radius 2 is 2.00 bits per heavy atom. The summed E-state index contributed by atoms with van der Waals surface area (Å²) in [6.45, 7) is 3.96. The van der Waals surface area contributed by atoms with Crippen molar-refractivity contribution in [1.29, 1.82) is 0 Å². The Balaban J connectivity index is 2.81. The third-order valence-electron chi connectivity index (χ3n) is 1.85. The van der Waals surface area contributed by atoms with Crippen molar-refractivity contribution in [2.75, 3.05) is 18.9 Å². The maximum absolute atomic E-state index is 11.6. The lowest BCUT2D eigenvalue weighted by atomic mass is 10.3. The number of nitrogens with two attached hydrogens (primary N) is 1. The number of anilines is 1. The number of nitrogen functional groups attached to an aromatic ring is 1. The number of carbonyl (C=O) groups is 2. The maximum atomic E-state index is 11.6. The average molecular weight is 282 g/mol. The molecule has 1 aromatic rings. The Morgan fingerprint density at radius 1 is 1.32 bits per heavy atom. The monoisotopic (exact) mass is 282 g/mol. The summed E-state index contributed by atoms with van der Waals surface area (Å²) >= 11 is 1.07. The summed E-state index contributed by atoms with van der Waals surface area (Å²) < 4.78 is 9.57. The van der Waals surface area contributed by atoms with E-state index in [1.807, 2.05) is 0 Å². The lowest BCUT2D eigenvalue weighted by Crippen LogP contribution is -2.07. The van der Waals surface area contributed by atoms with Gasteiger partial charge in [-0.1, -0.05) is 23.2 Å². The number of carbonyl (C=O) groups excluding carboxylic acids is 2. The minimum atomic E-state index is -0.573. The number of rotatable bonds is 4. The largest absolute Gasteiger partial charge is 0.465 e. The molecule has 1 rings (SSSR count). The van der Waals surface area contributed by atoms with E-state index in [-0.39, 0.29) is 23.9 Å². The average Bonchev–Trinajstić information content (AvgIpc) is 2.71. The van der Waals surface area contributed by atoms with E-state index in [0.717, 1.165) is 11.3 Å². The van der Waals surface area contributed by atoms with Crippen molar-refractivity contribution in [3.63, 3.8) is 0 Å². The van der Waals surface area contributed by atoms with Crippen LogP contribution in [0, 0.1) is 11.8 Å². The molecule has 0 unspecified atom stereocenters. The number of nitrogens with zero attached hydrogens (tertiary/aromatic N) is 1. The molecular formula is C12H14N2O4S. The van der Waals surface area contributed by atoms with Crippen LogP contribution in [0.25, 0.3) is 0 Å². The van der Waals surface area contributed by atoms with E-state index >= 15 is 0 Å². The first-order chi connectivity index (χ1) is 9.08. The number of ether oxygens (including phenoxy) is 2. The van der Waals surface area contributed by atoms with Gasteiger partial charge in [-0.15, -0.1) is 0 Å². The fourth-order valence-electron chi connectivity index (χ4n) is 1.17. The molecule has 0 amide bonds. The van der Waals surface area contributed by atoms with Gasteiger partial charge < -0.3 is 15.2 Å². The zero-order chi connectivity index (χ0) is 14.3. The molecule has 0 saturated carbocycles. The summed E-state index contributed by atoms with van der Waals surface area (Å²) in [6, 6.07) is 0. The van der Waals surface area contributed by atoms with E-state index in [2.05, 4.69) is 16.8 Å². The van der Waals surface area contributed by atoms with E-state index < -0.39 is 11.9 Å². The Hall–Kier alpha value is -2.07. The molecular weight excluding hydrogens is 268 g/mol. The normalized spacial score (nSPS) is 9.37. The van der Waals surface area contributed by atoms with Gasteiger partial charge in [0, 0.05) is 0 Å². The van der Waals surface area contributed by atoms with Crippen molar-refractivity contribution in [3.05, 3.63) is 10.6 Å². The van der Waals surface area contributed by atoms with Crippen LogP contribution in [0.5, 0.6) is 0 Å². The van der Waals surface area contributed by atoms with Gasteiger partial charge in [0.25, 0.3) is 0 Å². The molecule has 0 atom stereocenters. The van der Waals surface area contributed by atoms with Gasteiger partial charge in [-0.05, 0) is 13.8 Å². The van der Waals surface area contributed by atoms with Crippen LogP contribution >= 0.6 is 11.3 Å². The molecule has 6 nitrogen and oxygen atoms in total. The zero-order valence-corrected chi connectivity index (χ0v) is 11.5. The van der Waals surface area contributed by atoms with Crippen molar-refractivity contribution in [2.24, 2.45) is 0 Å². The molecule has 0 saturated heterocycles. The topological polar surface area (TPSA) is 91.5 Å². The Labute approximate surface area is 114 Å². The third kappa shape index (κ3) is 4.60. The Kier molecular flexibility index (Phi) is 5.82. The standard InChI is InChI=1S/C12H14N2O4S/c1-3-17-9(15)7-5-6-8-10(11(16)18-4-2)14-12(13)19-8/h3-4,7H2,1-2H3,(H2,13,14). The number of hydrogen-bond acceptors (Lipinski definition) is 7. The maximum Gasteiger partial charge on any atom is 0.359 e. The lowest BCUT2D eigenvalue weighted by molar-refractivity contribution is -0.141. The van der Waals surface area contributed by atoms with E-state index in [1.54, 1.807) is 13.8 Å². The molecule has 1 aromatic heterocycles. The summed E-state index contributed by atoms with van der Waals surface area (Å²) in [7, 11) is 0. The van der Waals surface area contributed by atoms with Crippen molar-refractivity contribution < 1.29 is 19.1 Å². The minimum Gasteiger partial charge on any atom is -0.465 e. The predicted octanol–water partition coefficient (Wildman–Crippen LogP) is 1.21. The summed E-state index contributed by atoms with van der Waals surface area (Å²) in [5.74, 6) is 4.32. The number of esters is 2. The fraction of sp³-hybridized carbons (Fsp3) is 0.417. The van der Waals surface area contributed by atoms with Gasteiger partial charge in [0.05, 0.1) is 13.2 Å². The molecule has 102 valence electrons. The van der Waals surface area contributed by atoms with E-state index in [1.165, 1.54) is 0 Å². The number of thiazole rings is 1. The Morgan fingerprint density at radius 3 is 2.63 bits per heavy atom. The SMILES string of the molecule is CCOC(=O)CC#Cc1sc(N)nc1C(=O)OCC. The minimum absolute atomic E-state index is 0.0477. The van der Waals surface area contributed by atoms with Crippen molar-refractivity contribution >= 4 is 28.4 Å². The smallest absolute Gasteiger partial charge is 0.359 e. The molecule has 0 aliphatic rings. The van der Waals surface area contributed by atoms with Crippen LogP contribution in [0.4, 0.5) is 5.13 Å². The van der Waals surface area contributed by atoms with Crippen LogP contribution in [0.2, 0.25) is 0 Å². The van der Waals surface area contributed by atoms with Gasteiger partial charge in [0.15, 0.2) is 10.8 Å². The summed E-state index contributed by atoms with van der Waals surface area (Å²) in [6.07, 6.45) is -0.0477. The van der Waals surface area contributed by atoms with Gasteiger partial charge >= 0.3 is 11.9 Å². The van der Waals surface area contributed by atoms with Crippen LogP contribution in [-0.2, 0) is 14.3 Å². The van der Waals surface area contributed by atoms with Gasteiger partial charge in [0.1, 0.15) is 11.3 Å². The van der Waals surface area contributed by atoms with Crippen LogP contribution < -0.4 is 5.73 Å². The number of aromatic nitrogens is 1. The van der Waals surface area contributed by atoms with Crippen molar-refractivity contribution in [2.45, 2.75) is 20.3 Å². The van der Waals surface area contributed by atoms with Gasteiger partial charge in [-0.3, -0.25) is 4.79 Å². The summed E-state index contributed by atoms with van der Waals surface area (Å²) in [4.78, 5) is 26.9. The fourth-order valence-corrected chi connectivity index (χ4v) is 1.86. The summed E-state index contributed by atoms with van der Waals surface area (Å²) in [5, 5.41) is 0.225. The van der Waals surface area contributed by atoms with Gasteiger partial charge in [0.2, 0.25) is 0 Å². The second kappa shape index (κ2) is 7.38. The molecule has 0 aliphatic carbocycles. The molecule has 19 heavy (non-hydrogen) atoms. The second-order valence-electron chi connectivity index (χ2n) is 3.23. The van der Waals surface area contributed by atoms with Crippen LogP contribution in [-0.4, -0.2) is 30.1 Å². The zero-order valence-electron chi connectivity index (χ0n) is 10.7. The first kappa shape index (κ1) is 15.0. The molecule has 0 aliphatic heterocycles. The Bertz CT molecular complexity index is 528. The first-order valence-electron chi connectivity index (χ1n) is 5.66. The van der Waals surface area contributed by atoms with Crippen LogP contribution in [0.15, 0.2) is 0 Å². The molecule has 7 heteroatoms. The van der Waals surface area contributed by atoms with E-state index in [4.69, 9.17) is 15.2 Å². The van der Waals surface area contributed by atoms with Gasteiger partial charge in [-0.2, -0.15) is 0 Å². The molecule has 0 aromatic carbocycles.